The van der Waals surface area contributed by atoms with Gasteiger partial charge in [-0.3, -0.25) is 4.79 Å². The van der Waals surface area contributed by atoms with Gasteiger partial charge in [-0.25, -0.2) is 0 Å². The van der Waals surface area contributed by atoms with Gasteiger partial charge >= 0.3 is 0 Å². The van der Waals surface area contributed by atoms with Crippen molar-refractivity contribution in [2.45, 2.75) is 31.8 Å². The maximum atomic E-state index is 11.9. The molecule has 0 aliphatic carbocycles. The summed E-state index contributed by atoms with van der Waals surface area (Å²) in [5.41, 5.74) is 0. The highest BCUT2D eigenvalue weighted by atomic mass is 35.5. The second-order valence-electron chi connectivity index (χ2n) is 4.95. The Morgan fingerprint density at radius 2 is 2.10 bits per heavy atom. The quantitative estimate of drug-likeness (QED) is 0.897. The molecule has 1 aliphatic rings. The van der Waals surface area contributed by atoms with E-state index < -0.39 is 0 Å². The van der Waals surface area contributed by atoms with Crippen molar-refractivity contribution in [1.82, 2.24) is 10.6 Å². The molecule has 1 heterocycles. The SMILES string of the molecule is CC1NCCCC1NC(=O)COc1cc(Cl)cc(Cl)c1. The van der Waals surface area contributed by atoms with Crippen LogP contribution in [0.15, 0.2) is 18.2 Å². The third-order valence-corrected chi connectivity index (χ3v) is 3.75. The predicted molar refractivity (Wildman–Crippen MR) is 80.6 cm³/mol. The first kappa shape index (κ1) is 15.4. The third-order valence-electron chi connectivity index (χ3n) is 3.31. The largest absolute Gasteiger partial charge is 0.484 e. The fourth-order valence-electron chi connectivity index (χ4n) is 2.25. The van der Waals surface area contributed by atoms with Gasteiger partial charge in [-0.2, -0.15) is 0 Å². The Morgan fingerprint density at radius 3 is 2.75 bits per heavy atom. The van der Waals surface area contributed by atoms with Crippen molar-refractivity contribution in [3.05, 3.63) is 28.2 Å². The van der Waals surface area contributed by atoms with Crippen LogP contribution in [0.2, 0.25) is 10.0 Å². The molecule has 110 valence electrons. The summed E-state index contributed by atoms with van der Waals surface area (Å²) in [6.07, 6.45) is 2.06. The number of piperidine rings is 1. The average Bonchev–Trinajstić information content (AvgIpc) is 2.38. The molecule has 2 N–H and O–H groups in total. The molecule has 0 spiro atoms. The maximum absolute atomic E-state index is 11.9. The fourth-order valence-corrected chi connectivity index (χ4v) is 2.76. The fraction of sp³-hybridized carbons (Fsp3) is 0.500. The Balaban J connectivity index is 1.82. The van der Waals surface area contributed by atoms with Crippen molar-refractivity contribution in [2.75, 3.05) is 13.2 Å². The van der Waals surface area contributed by atoms with Crippen LogP contribution < -0.4 is 15.4 Å². The lowest BCUT2D eigenvalue weighted by Gasteiger charge is -2.30. The van der Waals surface area contributed by atoms with Crippen LogP contribution in [0.25, 0.3) is 0 Å². The molecule has 0 aromatic heterocycles. The topological polar surface area (TPSA) is 50.4 Å². The number of carbonyl (C=O) groups excluding carboxylic acids is 1. The minimum Gasteiger partial charge on any atom is -0.484 e. The van der Waals surface area contributed by atoms with Crippen LogP contribution in [-0.4, -0.2) is 31.1 Å². The predicted octanol–water partition coefficient (Wildman–Crippen LogP) is 2.63. The minimum absolute atomic E-state index is 0.0418. The molecule has 0 radical (unpaired) electrons. The molecule has 1 aliphatic heterocycles. The molecule has 1 aromatic rings. The summed E-state index contributed by atoms with van der Waals surface area (Å²) in [5.74, 6) is 0.356. The van der Waals surface area contributed by atoms with Gasteiger partial charge in [-0.15, -0.1) is 0 Å². The van der Waals surface area contributed by atoms with Gasteiger partial charge in [0.05, 0.1) is 0 Å². The van der Waals surface area contributed by atoms with E-state index in [1.165, 1.54) is 0 Å². The molecular formula is C14H18Cl2N2O2. The Morgan fingerprint density at radius 1 is 1.40 bits per heavy atom. The first-order valence-corrected chi connectivity index (χ1v) is 7.42. The van der Waals surface area contributed by atoms with Crippen LogP contribution >= 0.6 is 23.2 Å². The summed E-state index contributed by atoms with van der Waals surface area (Å²) >= 11 is 11.7. The van der Waals surface area contributed by atoms with Crippen molar-refractivity contribution in [2.24, 2.45) is 0 Å². The van der Waals surface area contributed by atoms with E-state index in [0.717, 1.165) is 19.4 Å². The first-order valence-electron chi connectivity index (χ1n) is 6.66. The summed E-state index contributed by atoms with van der Waals surface area (Å²) in [4.78, 5) is 11.9. The Hall–Kier alpha value is -0.970. The van der Waals surface area contributed by atoms with Crippen LogP contribution in [0, 0.1) is 0 Å². The van der Waals surface area contributed by atoms with E-state index in [0.29, 0.717) is 15.8 Å². The van der Waals surface area contributed by atoms with Crippen molar-refractivity contribution in [3.8, 4) is 5.75 Å². The molecule has 1 amide bonds. The molecule has 4 nitrogen and oxygen atoms in total. The van der Waals surface area contributed by atoms with E-state index in [1.54, 1.807) is 18.2 Å². The van der Waals surface area contributed by atoms with Crippen LogP contribution in [0.1, 0.15) is 19.8 Å². The van der Waals surface area contributed by atoms with E-state index in [-0.39, 0.29) is 24.6 Å². The number of nitrogens with one attached hydrogen (secondary N) is 2. The second kappa shape index (κ2) is 7.16. The maximum Gasteiger partial charge on any atom is 0.258 e. The van der Waals surface area contributed by atoms with Crippen LogP contribution in [0.4, 0.5) is 0 Å². The van der Waals surface area contributed by atoms with Crippen LogP contribution in [0.5, 0.6) is 5.75 Å². The van der Waals surface area contributed by atoms with Crippen molar-refractivity contribution in [3.63, 3.8) is 0 Å². The van der Waals surface area contributed by atoms with Gasteiger partial charge in [0.2, 0.25) is 0 Å². The van der Waals surface area contributed by atoms with Gasteiger partial charge in [0.15, 0.2) is 6.61 Å². The zero-order valence-electron chi connectivity index (χ0n) is 11.3. The zero-order valence-corrected chi connectivity index (χ0v) is 12.8. The summed E-state index contributed by atoms with van der Waals surface area (Å²) in [6.45, 7) is 3.03. The van der Waals surface area contributed by atoms with E-state index in [2.05, 4.69) is 17.6 Å². The molecule has 0 saturated carbocycles. The molecule has 1 saturated heterocycles. The lowest BCUT2D eigenvalue weighted by atomic mass is 10.00. The molecule has 2 rings (SSSR count). The van der Waals surface area contributed by atoms with Crippen LogP contribution in [0.3, 0.4) is 0 Å². The standard InChI is InChI=1S/C14H18Cl2N2O2/c1-9-13(3-2-4-17-9)18-14(19)8-20-12-6-10(15)5-11(16)7-12/h5-7,9,13,17H,2-4,8H2,1H3,(H,18,19). The summed E-state index contributed by atoms with van der Waals surface area (Å²) < 4.78 is 5.40. The molecule has 2 atom stereocenters. The number of hydrogen-bond acceptors (Lipinski definition) is 3. The normalized spacial score (nSPS) is 22.4. The number of halogens is 2. The second-order valence-corrected chi connectivity index (χ2v) is 5.83. The van der Waals surface area contributed by atoms with Gasteiger partial charge in [-0.1, -0.05) is 23.2 Å². The third kappa shape index (κ3) is 4.54. The molecule has 0 bridgehead atoms. The van der Waals surface area contributed by atoms with E-state index >= 15 is 0 Å². The number of hydrogen-bond donors (Lipinski definition) is 2. The van der Waals surface area contributed by atoms with Crippen molar-refractivity contribution < 1.29 is 9.53 Å². The van der Waals surface area contributed by atoms with Crippen LogP contribution in [-0.2, 0) is 4.79 Å². The van der Waals surface area contributed by atoms with E-state index in [4.69, 9.17) is 27.9 Å². The highest BCUT2D eigenvalue weighted by molar-refractivity contribution is 6.34. The number of carbonyl (C=O) groups is 1. The number of rotatable bonds is 4. The molecule has 1 fully saturated rings. The van der Waals surface area contributed by atoms with Gasteiger partial charge in [0.1, 0.15) is 5.75 Å². The summed E-state index contributed by atoms with van der Waals surface area (Å²) in [5, 5.41) is 7.28. The first-order chi connectivity index (χ1) is 9.54. The van der Waals surface area contributed by atoms with Gasteiger partial charge in [0, 0.05) is 22.1 Å². The highest BCUT2D eigenvalue weighted by Crippen LogP contribution is 2.24. The number of benzene rings is 1. The Bertz CT molecular complexity index is 462. The molecular weight excluding hydrogens is 299 g/mol. The average molecular weight is 317 g/mol. The molecule has 1 aromatic carbocycles. The van der Waals surface area contributed by atoms with Gasteiger partial charge < -0.3 is 15.4 Å². The highest BCUT2D eigenvalue weighted by Gasteiger charge is 2.22. The Labute approximate surface area is 128 Å². The molecule has 20 heavy (non-hydrogen) atoms. The minimum atomic E-state index is -0.137. The van der Waals surface area contributed by atoms with E-state index in [1.807, 2.05) is 0 Å². The number of amides is 1. The van der Waals surface area contributed by atoms with Crippen molar-refractivity contribution in [1.29, 1.82) is 0 Å². The van der Waals surface area contributed by atoms with E-state index in [9.17, 15) is 4.79 Å². The molecule has 6 heteroatoms. The number of ether oxygens (including phenoxy) is 1. The lowest BCUT2D eigenvalue weighted by Crippen LogP contribution is -2.52. The van der Waals surface area contributed by atoms with Gasteiger partial charge in [0.25, 0.3) is 5.91 Å². The summed E-state index contributed by atoms with van der Waals surface area (Å²) in [6, 6.07) is 5.32. The summed E-state index contributed by atoms with van der Waals surface area (Å²) in [7, 11) is 0. The monoisotopic (exact) mass is 316 g/mol. The Kier molecular flexibility index (Phi) is 5.52. The van der Waals surface area contributed by atoms with Crippen molar-refractivity contribution >= 4 is 29.1 Å². The molecule has 2 unspecified atom stereocenters. The van der Waals surface area contributed by atoms with Gasteiger partial charge in [-0.05, 0) is 44.5 Å². The zero-order chi connectivity index (χ0) is 14.5. The lowest BCUT2D eigenvalue weighted by molar-refractivity contribution is -0.124. The smallest absolute Gasteiger partial charge is 0.258 e.